The minimum Gasteiger partial charge on any atom is -0.491 e. The molecule has 0 spiro atoms. The van der Waals surface area contributed by atoms with Crippen molar-refractivity contribution in [2.75, 3.05) is 37.9 Å². The van der Waals surface area contributed by atoms with Crippen LogP contribution in [-0.4, -0.2) is 36.8 Å². The number of rotatable bonds is 8. The molecule has 23 heavy (non-hydrogen) atoms. The van der Waals surface area contributed by atoms with Crippen LogP contribution in [0.4, 0.5) is 21.8 Å². The lowest BCUT2D eigenvalue weighted by Gasteiger charge is -2.10. The van der Waals surface area contributed by atoms with Gasteiger partial charge in [0.2, 0.25) is 5.95 Å². The number of nitrogens with one attached hydrogen (secondary N) is 1. The van der Waals surface area contributed by atoms with E-state index in [0.29, 0.717) is 19.6 Å². The van der Waals surface area contributed by atoms with Crippen molar-refractivity contribution < 1.29 is 13.9 Å². The summed E-state index contributed by atoms with van der Waals surface area (Å²) in [6.45, 7) is 1.27. The minimum atomic E-state index is -0.622. The van der Waals surface area contributed by atoms with Gasteiger partial charge in [-0.25, -0.2) is 9.37 Å². The van der Waals surface area contributed by atoms with Gasteiger partial charge in [-0.1, -0.05) is 0 Å². The van der Waals surface area contributed by atoms with Crippen molar-refractivity contribution in [1.82, 2.24) is 9.97 Å². The molecule has 2 rings (SSSR count). The number of nitrogens with two attached hydrogens (primary N) is 2. The van der Waals surface area contributed by atoms with E-state index in [9.17, 15) is 4.39 Å². The first-order chi connectivity index (χ1) is 11.1. The second kappa shape index (κ2) is 8.25. The van der Waals surface area contributed by atoms with E-state index in [1.165, 1.54) is 0 Å². The standard InChI is InChI=1S/C15H20FN5O2/c1-22-8-9-23-11-4-2-10(3-5-11)19-15-20-12(6-7-17)13(16)14(18)21-15/h2-5H,6-9,17H2,1H3,(H3,18,19,20,21). The maximum atomic E-state index is 13.7. The quantitative estimate of drug-likeness (QED) is 0.632. The number of anilines is 3. The molecule has 2 aromatic rings. The van der Waals surface area contributed by atoms with Crippen molar-refractivity contribution in [2.24, 2.45) is 5.73 Å². The van der Waals surface area contributed by atoms with Crippen LogP contribution >= 0.6 is 0 Å². The third kappa shape index (κ3) is 4.76. The Balaban J connectivity index is 2.06. The third-order valence-corrected chi connectivity index (χ3v) is 2.99. The van der Waals surface area contributed by atoms with E-state index in [2.05, 4.69) is 15.3 Å². The van der Waals surface area contributed by atoms with Gasteiger partial charge in [-0.05, 0) is 30.8 Å². The molecule has 0 amide bonds. The van der Waals surface area contributed by atoms with E-state index < -0.39 is 5.82 Å². The summed E-state index contributed by atoms with van der Waals surface area (Å²) in [5.74, 6) is 0.115. The SMILES string of the molecule is COCCOc1ccc(Nc2nc(N)c(F)c(CCN)n2)cc1. The molecule has 0 saturated carbocycles. The molecule has 1 aromatic heterocycles. The normalized spacial score (nSPS) is 10.6. The molecule has 0 saturated heterocycles. The number of methoxy groups -OCH3 is 1. The van der Waals surface area contributed by atoms with Gasteiger partial charge in [-0.2, -0.15) is 4.98 Å². The van der Waals surface area contributed by atoms with E-state index in [1.807, 2.05) is 0 Å². The molecule has 0 bridgehead atoms. The Morgan fingerprint density at radius 3 is 2.57 bits per heavy atom. The number of benzene rings is 1. The Morgan fingerprint density at radius 2 is 1.91 bits per heavy atom. The molecule has 0 atom stereocenters. The summed E-state index contributed by atoms with van der Waals surface area (Å²) in [4.78, 5) is 7.98. The van der Waals surface area contributed by atoms with Gasteiger partial charge in [0.15, 0.2) is 11.6 Å². The summed E-state index contributed by atoms with van der Waals surface area (Å²) in [5.41, 5.74) is 11.9. The molecular weight excluding hydrogens is 301 g/mol. The highest BCUT2D eigenvalue weighted by atomic mass is 19.1. The molecule has 8 heteroatoms. The number of halogens is 1. The summed E-state index contributed by atoms with van der Waals surface area (Å²) >= 11 is 0. The molecule has 1 aromatic carbocycles. The molecule has 0 aliphatic rings. The van der Waals surface area contributed by atoms with Crippen molar-refractivity contribution in [3.05, 3.63) is 35.8 Å². The Kier molecular flexibility index (Phi) is 6.07. The molecule has 124 valence electrons. The molecule has 0 aliphatic heterocycles. The van der Waals surface area contributed by atoms with Crippen LogP contribution in [0.1, 0.15) is 5.69 Å². The van der Waals surface area contributed by atoms with Gasteiger partial charge in [0.05, 0.1) is 12.3 Å². The molecule has 0 radical (unpaired) electrons. The highest BCUT2D eigenvalue weighted by Crippen LogP contribution is 2.20. The number of hydrogen-bond acceptors (Lipinski definition) is 7. The van der Waals surface area contributed by atoms with Crippen LogP contribution in [0, 0.1) is 5.82 Å². The maximum absolute atomic E-state index is 13.7. The van der Waals surface area contributed by atoms with Crippen molar-refractivity contribution >= 4 is 17.5 Å². The number of aromatic nitrogens is 2. The molecule has 0 fully saturated rings. The van der Waals surface area contributed by atoms with Gasteiger partial charge >= 0.3 is 0 Å². The van der Waals surface area contributed by atoms with Crippen LogP contribution in [0.25, 0.3) is 0 Å². The average molecular weight is 321 g/mol. The molecule has 0 aliphatic carbocycles. The lowest BCUT2D eigenvalue weighted by atomic mass is 10.2. The van der Waals surface area contributed by atoms with Crippen LogP contribution in [0.5, 0.6) is 5.75 Å². The van der Waals surface area contributed by atoms with Gasteiger partial charge in [0, 0.05) is 19.2 Å². The van der Waals surface area contributed by atoms with Gasteiger partial charge in [-0.3, -0.25) is 0 Å². The first-order valence-electron chi connectivity index (χ1n) is 7.14. The summed E-state index contributed by atoms with van der Waals surface area (Å²) in [5, 5.41) is 2.98. The second-order valence-electron chi connectivity index (χ2n) is 4.72. The Bertz CT molecular complexity index is 637. The zero-order chi connectivity index (χ0) is 16.7. The van der Waals surface area contributed by atoms with E-state index in [4.69, 9.17) is 20.9 Å². The fourth-order valence-electron chi connectivity index (χ4n) is 1.88. The highest BCUT2D eigenvalue weighted by molar-refractivity contribution is 5.56. The fourth-order valence-corrected chi connectivity index (χ4v) is 1.88. The zero-order valence-electron chi connectivity index (χ0n) is 12.9. The van der Waals surface area contributed by atoms with Crippen molar-refractivity contribution in [1.29, 1.82) is 0 Å². The smallest absolute Gasteiger partial charge is 0.229 e. The first kappa shape index (κ1) is 16.9. The van der Waals surface area contributed by atoms with Crippen LogP contribution in [0.2, 0.25) is 0 Å². The number of ether oxygens (including phenoxy) is 2. The van der Waals surface area contributed by atoms with Crippen molar-refractivity contribution in [3.8, 4) is 5.75 Å². The lowest BCUT2D eigenvalue weighted by Crippen LogP contribution is -2.11. The minimum absolute atomic E-state index is 0.196. The molecule has 1 heterocycles. The predicted octanol–water partition coefficient (Wildman–Crippen LogP) is 1.47. The lowest BCUT2D eigenvalue weighted by molar-refractivity contribution is 0.146. The number of nitrogen functional groups attached to an aromatic ring is 1. The van der Waals surface area contributed by atoms with Gasteiger partial charge in [0.25, 0.3) is 0 Å². The summed E-state index contributed by atoms with van der Waals surface area (Å²) in [7, 11) is 1.61. The Labute approximate surface area is 133 Å². The summed E-state index contributed by atoms with van der Waals surface area (Å²) in [6, 6.07) is 7.19. The number of hydrogen-bond donors (Lipinski definition) is 3. The highest BCUT2D eigenvalue weighted by Gasteiger charge is 2.11. The van der Waals surface area contributed by atoms with Gasteiger partial charge < -0.3 is 26.3 Å². The van der Waals surface area contributed by atoms with E-state index >= 15 is 0 Å². The van der Waals surface area contributed by atoms with E-state index in [1.54, 1.807) is 31.4 Å². The molecular formula is C15H20FN5O2. The fraction of sp³-hybridized carbons (Fsp3) is 0.333. The largest absolute Gasteiger partial charge is 0.491 e. The maximum Gasteiger partial charge on any atom is 0.229 e. The van der Waals surface area contributed by atoms with E-state index in [0.717, 1.165) is 11.4 Å². The Hall–Kier alpha value is -2.45. The van der Waals surface area contributed by atoms with E-state index in [-0.39, 0.29) is 24.0 Å². The van der Waals surface area contributed by atoms with Crippen LogP contribution in [0.3, 0.4) is 0 Å². The molecule has 5 N–H and O–H groups in total. The Morgan fingerprint density at radius 1 is 1.17 bits per heavy atom. The molecule has 7 nitrogen and oxygen atoms in total. The second-order valence-corrected chi connectivity index (χ2v) is 4.72. The average Bonchev–Trinajstić information content (AvgIpc) is 2.54. The monoisotopic (exact) mass is 321 g/mol. The predicted molar refractivity (Wildman–Crippen MR) is 86.3 cm³/mol. The van der Waals surface area contributed by atoms with Gasteiger partial charge in [0.1, 0.15) is 12.4 Å². The summed E-state index contributed by atoms with van der Waals surface area (Å²) < 4.78 is 24.1. The van der Waals surface area contributed by atoms with Crippen LogP contribution in [-0.2, 0) is 11.2 Å². The van der Waals surface area contributed by atoms with Crippen LogP contribution < -0.4 is 21.5 Å². The summed E-state index contributed by atoms with van der Waals surface area (Å²) in [6.07, 6.45) is 0.291. The molecule has 0 unspecified atom stereocenters. The number of nitrogens with zero attached hydrogens (tertiary/aromatic N) is 2. The third-order valence-electron chi connectivity index (χ3n) is 2.99. The van der Waals surface area contributed by atoms with Gasteiger partial charge in [-0.15, -0.1) is 0 Å². The topological polar surface area (TPSA) is 108 Å². The first-order valence-corrected chi connectivity index (χ1v) is 7.14. The zero-order valence-corrected chi connectivity index (χ0v) is 12.9. The van der Waals surface area contributed by atoms with Crippen LogP contribution in [0.15, 0.2) is 24.3 Å². The van der Waals surface area contributed by atoms with Crippen molar-refractivity contribution in [3.63, 3.8) is 0 Å². The van der Waals surface area contributed by atoms with Crippen molar-refractivity contribution in [2.45, 2.75) is 6.42 Å².